The molecule has 2 nitrogen and oxygen atoms in total. The van der Waals surface area contributed by atoms with Crippen LogP contribution in [0.5, 0.6) is 0 Å². The van der Waals surface area contributed by atoms with Crippen molar-refractivity contribution in [1.82, 2.24) is 5.32 Å². The second-order valence-corrected chi connectivity index (χ2v) is 4.71. The van der Waals surface area contributed by atoms with Gasteiger partial charge in [-0.15, -0.1) is 0 Å². The van der Waals surface area contributed by atoms with Crippen LogP contribution in [0.4, 0.5) is 0 Å². The zero-order valence-electron chi connectivity index (χ0n) is 9.68. The average Bonchev–Trinajstić information content (AvgIpc) is 2.15. The minimum Gasteiger partial charge on any atom is -0.389 e. The maximum atomic E-state index is 9.92. The highest BCUT2D eigenvalue weighted by atomic mass is 16.3. The second-order valence-electron chi connectivity index (χ2n) is 4.71. The number of unbranched alkanes of at least 4 members (excludes halogenated alkanes) is 1. The van der Waals surface area contributed by atoms with E-state index in [9.17, 15) is 5.11 Å². The molecule has 0 radical (unpaired) electrons. The van der Waals surface area contributed by atoms with Gasteiger partial charge in [-0.3, -0.25) is 0 Å². The Morgan fingerprint density at radius 3 is 2.50 bits per heavy atom. The number of nitrogens with one attached hydrogen (secondary N) is 1. The van der Waals surface area contributed by atoms with Crippen LogP contribution in [0, 0.1) is 0 Å². The first kappa shape index (κ1) is 12.0. The van der Waals surface area contributed by atoms with E-state index in [2.05, 4.69) is 19.2 Å². The molecule has 1 aliphatic carbocycles. The Morgan fingerprint density at radius 1 is 1.36 bits per heavy atom. The molecule has 2 N–H and O–H groups in total. The normalized spacial score (nSPS) is 21.6. The quantitative estimate of drug-likeness (QED) is 0.660. The van der Waals surface area contributed by atoms with Crippen molar-refractivity contribution in [3.05, 3.63) is 0 Å². The summed E-state index contributed by atoms with van der Waals surface area (Å²) in [7, 11) is 0. The summed E-state index contributed by atoms with van der Waals surface area (Å²) in [4.78, 5) is 0. The molecule has 0 bridgehead atoms. The molecule has 84 valence electrons. The molecule has 0 heterocycles. The summed E-state index contributed by atoms with van der Waals surface area (Å²) in [5, 5.41) is 13.4. The predicted octanol–water partition coefficient (Wildman–Crippen LogP) is 2.46. The fourth-order valence-corrected chi connectivity index (χ4v) is 2.00. The standard InChI is InChI=1S/C12H25NO/c1-3-5-7-11(4-2)13-10-12(14)8-6-9-12/h11,13-14H,3-10H2,1-2H3. The largest absolute Gasteiger partial charge is 0.389 e. The van der Waals surface area contributed by atoms with Crippen molar-refractivity contribution < 1.29 is 5.11 Å². The van der Waals surface area contributed by atoms with Crippen LogP contribution in [0.2, 0.25) is 0 Å². The van der Waals surface area contributed by atoms with E-state index in [1.54, 1.807) is 0 Å². The number of aliphatic hydroxyl groups is 1. The first-order valence-electron chi connectivity index (χ1n) is 6.16. The van der Waals surface area contributed by atoms with E-state index in [-0.39, 0.29) is 5.60 Å². The van der Waals surface area contributed by atoms with Gasteiger partial charge in [0, 0.05) is 12.6 Å². The molecule has 1 fully saturated rings. The molecular weight excluding hydrogens is 174 g/mol. The van der Waals surface area contributed by atoms with E-state index in [4.69, 9.17) is 0 Å². The summed E-state index contributed by atoms with van der Waals surface area (Å²) < 4.78 is 0. The molecule has 14 heavy (non-hydrogen) atoms. The van der Waals surface area contributed by atoms with Gasteiger partial charge in [-0.2, -0.15) is 0 Å². The van der Waals surface area contributed by atoms with Crippen molar-refractivity contribution in [1.29, 1.82) is 0 Å². The highest BCUT2D eigenvalue weighted by Gasteiger charge is 2.34. The lowest BCUT2D eigenvalue weighted by molar-refractivity contribution is -0.0334. The first-order valence-corrected chi connectivity index (χ1v) is 6.16. The van der Waals surface area contributed by atoms with Crippen molar-refractivity contribution in [2.45, 2.75) is 70.4 Å². The predicted molar refractivity (Wildman–Crippen MR) is 60.4 cm³/mol. The molecule has 0 saturated heterocycles. The zero-order valence-corrected chi connectivity index (χ0v) is 9.68. The molecular formula is C12H25NO. The fraction of sp³-hybridized carbons (Fsp3) is 1.00. The van der Waals surface area contributed by atoms with Crippen LogP contribution in [-0.4, -0.2) is 23.3 Å². The van der Waals surface area contributed by atoms with Gasteiger partial charge in [0.1, 0.15) is 0 Å². The Morgan fingerprint density at radius 2 is 2.07 bits per heavy atom. The lowest BCUT2D eigenvalue weighted by atomic mass is 9.80. The molecule has 0 amide bonds. The van der Waals surface area contributed by atoms with Gasteiger partial charge in [-0.05, 0) is 32.1 Å². The van der Waals surface area contributed by atoms with Crippen molar-refractivity contribution in [2.24, 2.45) is 0 Å². The summed E-state index contributed by atoms with van der Waals surface area (Å²) in [5.41, 5.74) is -0.361. The van der Waals surface area contributed by atoms with E-state index in [0.29, 0.717) is 6.04 Å². The van der Waals surface area contributed by atoms with Gasteiger partial charge in [0.2, 0.25) is 0 Å². The molecule has 0 aromatic rings. The summed E-state index contributed by atoms with van der Waals surface area (Å²) >= 11 is 0. The Kier molecular flexibility index (Phi) is 4.90. The lowest BCUT2D eigenvalue weighted by Crippen LogP contribution is -2.48. The van der Waals surface area contributed by atoms with Crippen molar-refractivity contribution in [2.75, 3.05) is 6.54 Å². The number of rotatable bonds is 7. The van der Waals surface area contributed by atoms with Crippen LogP contribution in [0.25, 0.3) is 0 Å². The average molecular weight is 199 g/mol. The maximum Gasteiger partial charge on any atom is 0.0771 e. The van der Waals surface area contributed by atoms with E-state index < -0.39 is 0 Å². The summed E-state index contributed by atoms with van der Waals surface area (Å²) in [6, 6.07) is 0.611. The summed E-state index contributed by atoms with van der Waals surface area (Å²) in [6.07, 6.45) is 8.17. The molecule has 0 spiro atoms. The molecule has 0 aromatic carbocycles. The van der Waals surface area contributed by atoms with Gasteiger partial charge in [-0.1, -0.05) is 26.7 Å². The molecule has 0 aliphatic heterocycles. The van der Waals surface area contributed by atoms with Crippen LogP contribution < -0.4 is 5.32 Å². The van der Waals surface area contributed by atoms with Crippen molar-refractivity contribution in [3.63, 3.8) is 0 Å². The molecule has 1 rings (SSSR count). The first-order chi connectivity index (χ1) is 6.70. The van der Waals surface area contributed by atoms with Gasteiger partial charge in [-0.25, -0.2) is 0 Å². The van der Waals surface area contributed by atoms with E-state index >= 15 is 0 Å². The summed E-state index contributed by atoms with van der Waals surface area (Å²) in [5.74, 6) is 0. The smallest absolute Gasteiger partial charge is 0.0771 e. The maximum absolute atomic E-state index is 9.92. The lowest BCUT2D eigenvalue weighted by Gasteiger charge is -2.38. The van der Waals surface area contributed by atoms with Gasteiger partial charge in [0.25, 0.3) is 0 Å². The number of hydrogen-bond donors (Lipinski definition) is 2. The highest BCUT2D eigenvalue weighted by molar-refractivity contribution is 4.90. The third-order valence-corrected chi connectivity index (χ3v) is 3.40. The Labute approximate surface area is 88.1 Å². The van der Waals surface area contributed by atoms with Crippen LogP contribution in [0.1, 0.15) is 58.8 Å². The summed E-state index contributed by atoms with van der Waals surface area (Å²) in [6.45, 7) is 5.25. The van der Waals surface area contributed by atoms with Crippen LogP contribution >= 0.6 is 0 Å². The Hall–Kier alpha value is -0.0800. The van der Waals surface area contributed by atoms with E-state index in [0.717, 1.165) is 19.4 Å². The highest BCUT2D eigenvalue weighted by Crippen LogP contribution is 2.30. The van der Waals surface area contributed by atoms with Gasteiger partial charge in [0.05, 0.1) is 5.60 Å². The van der Waals surface area contributed by atoms with Crippen LogP contribution in [0.15, 0.2) is 0 Å². The monoisotopic (exact) mass is 199 g/mol. The molecule has 1 saturated carbocycles. The topological polar surface area (TPSA) is 32.3 Å². The third kappa shape index (κ3) is 3.58. The molecule has 1 atom stereocenters. The number of hydrogen-bond acceptors (Lipinski definition) is 2. The molecule has 2 heteroatoms. The van der Waals surface area contributed by atoms with Gasteiger partial charge >= 0.3 is 0 Å². The SMILES string of the molecule is CCCCC(CC)NCC1(O)CCC1. The Balaban J connectivity index is 2.13. The van der Waals surface area contributed by atoms with Crippen molar-refractivity contribution >= 4 is 0 Å². The van der Waals surface area contributed by atoms with Crippen LogP contribution in [-0.2, 0) is 0 Å². The van der Waals surface area contributed by atoms with Crippen molar-refractivity contribution in [3.8, 4) is 0 Å². The van der Waals surface area contributed by atoms with E-state index in [1.165, 1.54) is 32.1 Å². The molecule has 1 unspecified atom stereocenters. The fourth-order valence-electron chi connectivity index (χ4n) is 2.00. The van der Waals surface area contributed by atoms with Gasteiger partial charge in [0.15, 0.2) is 0 Å². The molecule has 0 aromatic heterocycles. The molecule has 1 aliphatic rings. The third-order valence-electron chi connectivity index (χ3n) is 3.40. The van der Waals surface area contributed by atoms with E-state index in [1.807, 2.05) is 0 Å². The minimum atomic E-state index is -0.361. The van der Waals surface area contributed by atoms with Crippen LogP contribution in [0.3, 0.4) is 0 Å². The van der Waals surface area contributed by atoms with Gasteiger partial charge < -0.3 is 10.4 Å². The Bertz CT molecular complexity index is 154. The zero-order chi connectivity index (χ0) is 10.4. The minimum absolute atomic E-state index is 0.361. The second kappa shape index (κ2) is 5.72.